The van der Waals surface area contributed by atoms with Gasteiger partial charge < -0.3 is 5.32 Å². The second-order valence-corrected chi connectivity index (χ2v) is 5.97. The molecule has 1 aliphatic heterocycles. The summed E-state index contributed by atoms with van der Waals surface area (Å²) >= 11 is 0. The van der Waals surface area contributed by atoms with Crippen molar-refractivity contribution >= 4 is 0 Å². The smallest absolute Gasteiger partial charge is 0.0233 e. The molecular weight excluding hydrogens is 220 g/mol. The first-order chi connectivity index (χ1) is 8.65. The highest BCUT2D eigenvalue weighted by Gasteiger charge is 2.32. The standard InChI is InChI=1S/C16H26N2/c1-4-14-5-7-15(8-6-14)11-18-10-9-16(2,13-18)12-17-3/h5-8,17H,4,9-13H2,1-3H3. The number of nitrogens with zero attached hydrogens (tertiary/aromatic N) is 1. The number of benzene rings is 1. The molecule has 1 unspecified atom stereocenters. The summed E-state index contributed by atoms with van der Waals surface area (Å²) in [7, 11) is 2.05. The summed E-state index contributed by atoms with van der Waals surface area (Å²) < 4.78 is 0. The zero-order valence-electron chi connectivity index (χ0n) is 12.0. The van der Waals surface area contributed by atoms with Gasteiger partial charge in [0, 0.05) is 19.6 Å². The predicted octanol–water partition coefficient (Wildman–Crippen LogP) is 2.68. The van der Waals surface area contributed by atoms with E-state index in [0.29, 0.717) is 5.41 Å². The van der Waals surface area contributed by atoms with Crippen molar-refractivity contribution in [3.8, 4) is 0 Å². The van der Waals surface area contributed by atoms with Crippen molar-refractivity contribution in [2.45, 2.75) is 33.2 Å². The third-order valence-corrected chi connectivity index (χ3v) is 4.08. The van der Waals surface area contributed by atoms with Gasteiger partial charge in [-0.05, 0) is 43.0 Å². The second kappa shape index (κ2) is 5.85. The van der Waals surface area contributed by atoms with E-state index in [-0.39, 0.29) is 0 Å². The lowest BCUT2D eigenvalue weighted by Gasteiger charge is -2.24. The molecule has 1 N–H and O–H groups in total. The van der Waals surface area contributed by atoms with Gasteiger partial charge in [-0.1, -0.05) is 38.1 Å². The molecular formula is C16H26N2. The van der Waals surface area contributed by atoms with Crippen molar-refractivity contribution in [3.05, 3.63) is 35.4 Å². The first-order valence-corrected chi connectivity index (χ1v) is 7.10. The van der Waals surface area contributed by atoms with E-state index in [2.05, 4.69) is 55.4 Å². The van der Waals surface area contributed by atoms with E-state index in [9.17, 15) is 0 Å². The van der Waals surface area contributed by atoms with Gasteiger partial charge in [-0.2, -0.15) is 0 Å². The third kappa shape index (κ3) is 3.33. The molecule has 1 aromatic carbocycles. The highest BCUT2D eigenvalue weighted by molar-refractivity contribution is 5.22. The lowest BCUT2D eigenvalue weighted by Crippen LogP contribution is -2.32. The van der Waals surface area contributed by atoms with Crippen molar-refractivity contribution < 1.29 is 0 Å². The van der Waals surface area contributed by atoms with Crippen molar-refractivity contribution in [3.63, 3.8) is 0 Å². The Morgan fingerprint density at radius 2 is 1.89 bits per heavy atom. The minimum atomic E-state index is 0.456. The van der Waals surface area contributed by atoms with Crippen molar-refractivity contribution in [2.75, 3.05) is 26.7 Å². The van der Waals surface area contributed by atoms with Gasteiger partial charge in [-0.3, -0.25) is 4.90 Å². The van der Waals surface area contributed by atoms with Gasteiger partial charge in [0.25, 0.3) is 0 Å². The van der Waals surface area contributed by atoms with E-state index in [1.807, 2.05) is 0 Å². The average molecular weight is 246 g/mol. The summed E-state index contributed by atoms with van der Waals surface area (Å²) in [5, 5.41) is 3.32. The van der Waals surface area contributed by atoms with Crippen LogP contribution < -0.4 is 5.32 Å². The zero-order valence-corrected chi connectivity index (χ0v) is 12.0. The fourth-order valence-corrected chi connectivity index (χ4v) is 2.97. The van der Waals surface area contributed by atoms with Crippen LogP contribution in [0, 0.1) is 5.41 Å². The zero-order chi connectivity index (χ0) is 13.0. The minimum absolute atomic E-state index is 0.456. The molecule has 18 heavy (non-hydrogen) atoms. The van der Waals surface area contributed by atoms with Crippen molar-refractivity contribution in [2.24, 2.45) is 5.41 Å². The summed E-state index contributed by atoms with van der Waals surface area (Å²) in [4.78, 5) is 2.58. The van der Waals surface area contributed by atoms with Crippen molar-refractivity contribution in [1.29, 1.82) is 0 Å². The predicted molar refractivity (Wildman–Crippen MR) is 77.7 cm³/mol. The molecule has 0 saturated carbocycles. The van der Waals surface area contributed by atoms with Crippen LogP contribution in [0.1, 0.15) is 31.4 Å². The van der Waals surface area contributed by atoms with Crippen LogP contribution in [-0.4, -0.2) is 31.6 Å². The topological polar surface area (TPSA) is 15.3 Å². The SMILES string of the molecule is CCc1ccc(CN2CCC(C)(CNC)C2)cc1. The molecule has 1 fully saturated rings. The van der Waals surface area contributed by atoms with E-state index < -0.39 is 0 Å². The Hall–Kier alpha value is -0.860. The summed E-state index contributed by atoms with van der Waals surface area (Å²) in [6.45, 7) is 9.26. The molecule has 0 spiro atoms. The lowest BCUT2D eigenvalue weighted by molar-refractivity contribution is 0.265. The van der Waals surface area contributed by atoms with E-state index >= 15 is 0 Å². The monoisotopic (exact) mass is 246 g/mol. The van der Waals surface area contributed by atoms with Gasteiger partial charge in [0.15, 0.2) is 0 Å². The maximum atomic E-state index is 3.32. The van der Waals surface area contributed by atoms with E-state index in [0.717, 1.165) is 19.5 Å². The van der Waals surface area contributed by atoms with Crippen LogP contribution in [0.4, 0.5) is 0 Å². The van der Waals surface area contributed by atoms with Crippen LogP contribution in [0.3, 0.4) is 0 Å². The summed E-state index contributed by atoms with van der Waals surface area (Å²) in [5.41, 5.74) is 3.33. The number of likely N-dealkylation sites (tertiary alicyclic amines) is 1. The molecule has 1 aliphatic rings. The Kier molecular flexibility index (Phi) is 4.41. The Bertz CT molecular complexity index is 371. The molecule has 0 bridgehead atoms. The average Bonchev–Trinajstić information content (AvgIpc) is 2.72. The first-order valence-electron chi connectivity index (χ1n) is 7.10. The second-order valence-electron chi connectivity index (χ2n) is 5.97. The number of aryl methyl sites for hydroxylation is 1. The van der Waals surface area contributed by atoms with Crippen LogP contribution >= 0.6 is 0 Å². The van der Waals surface area contributed by atoms with Gasteiger partial charge in [0.1, 0.15) is 0 Å². The number of nitrogens with one attached hydrogen (secondary N) is 1. The normalized spacial score (nSPS) is 24.6. The fraction of sp³-hybridized carbons (Fsp3) is 0.625. The van der Waals surface area contributed by atoms with Gasteiger partial charge >= 0.3 is 0 Å². The van der Waals surface area contributed by atoms with Crippen LogP contribution in [0.5, 0.6) is 0 Å². The molecule has 0 amide bonds. The molecule has 100 valence electrons. The number of hydrogen-bond donors (Lipinski definition) is 1. The molecule has 2 rings (SSSR count). The maximum absolute atomic E-state index is 3.32. The maximum Gasteiger partial charge on any atom is 0.0233 e. The van der Waals surface area contributed by atoms with Gasteiger partial charge in [0.2, 0.25) is 0 Å². The summed E-state index contributed by atoms with van der Waals surface area (Å²) in [5.74, 6) is 0. The molecule has 1 heterocycles. The summed E-state index contributed by atoms with van der Waals surface area (Å²) in [6.07, 6.45) is 2.44. The largest absolute Gasteiger partial charge is 0.319 e. The molecule has 0 aromatic heterocycles. The molecule has 2 heteroatoms. The highest BCUT2D eigenvalue weighted by atomic mass is 15.2. The van der Waals surface area contributed by atoms with Gasteiger partial charge in [-0.25, -0.2) is 0 Å². The highest BCUT2D eigenvalue weighted by Crippen LogP contribution is 2.29. The molecule has 0 aliphatic carbocycles. The molecule has 0 radical (unpaired) electrons. The Balaban J connectivity index is 1.90. The molecule has 1 saturated heterocycles. The Morgan fingerprint density at radius 1 is 1.22 bits per heavy atom. The number of rotatable bonds is 5. The number of hydrogen-bond acceptors (Lipinski definition) is 2. The van der Waals surface area contributed by atoms with E-state index in [4.69, 9.17) is 0 Å². The van der Waals surface area contributed by atoms with Crippen LogP contribution in [0.25, 0.3) is 0 Å². The Morgan fingerprint density at radius 3 is 2.50 bits per heavy atom. The van der Waals surface area contributed by atoms with Gasteiger partial charge in [0.05, 0.1) is 0 Å². The van der Waals surface area contributed by atoms with E-state index in [1.165, 1.54) is 30.6 Å². The Labute approximate surface area is 111 Å². The fourth-order valence-electron chi connectivity index (χ4n) is 2.97. The third-order valence-electron chi connectivity index (χ3n) is 4.08. The van der Waals surface area contributed by atoms with Crippen molar-refractivity contribution in [1.82, 2.24) is 10.2 Å². The van der Waals surface area contributed by atoms with Crippen LogP contribution in [-0.2, 0) is 13.0 Å². The quantitative estimate of drug-likeness (QED) is 0.859. The minimum Gasteiger partial charge on any atom is -0.319 e. The first kappa shape index (κ1) is 13.6. The molecule has 1 atom stereocenters. The molecule has 1 aromatic rings. The summed E-state index contributed by atoms with van der Waals surface area (Å²) in [6, 6.07) is 9.09. The van der Waals surface area contributed by atoms with E-state index in [1.54, 1.807) is 0 Å². The molecule has 2 nitrogen and oxygen atoms in total. The lowest BCUT2D eigenvalue weighted by atomic mass is 9.90. The van der Waals surface area contributed by atoms with Gasteiger partial charge in [-0.15, -0.1) is 0 Å². The van der Waals surface area contributed by atoms with Crippen LogP contribution in [0.2, 0.25) is 0 Å². The van der Waals surface area contributed by atoms with Crippen LogP contribution in [0.15, 0.2) is 24.3 Å².